The van der Waals surface area contributed by atoms with Crippen molar-refractivity contribution in [3.8, 4) is 0 Å². The average Bonchev–Trinajstić information content (AvgIpc) is 2.75. The van der Waals surface area contributed by atoms with Crippen LogP contribution in [-0.4, -0.2) is 20.4 Å². The predicted octanol–water partition coefficient (Wildman–Crippen LogP) is 2.07. The number of aryl methyl sites for hydroxylation is 1. The Morgan fingerprint density at radius 1 is 1.53 bits per heavy atom. The smallest absolute Gasteiger partial charge is 0.275 e. The number of rotatable bonds is 3. The highest BCUT2D eigenvalue weighted by Crippen LogP contribution is 2.22. The van der Waals surface area contributed by atoms with Gasteiger partial charge in [-0.1, -0.05) is 28.1 Å². The third-order valence-corrected chi connectivity index (χ3v) is 3.15. The van der Waals surface area contributed by atoms with Crippen molar-refractivity contribution in [2.24, 2.45) is 12.8 Å². The number of amides is 1. The van der Waals surface area contributed by atoms with Crippen molar-refractivity contribution in [3.05, 3.63) is 46.5 Å². The number of benzene rings is 1. The fourth-order valence-corrected chi connectivity index (χ4v) is 2.09. The molecule has 0 aliphatic heterocycles. The minimum atomic E-state index is -0.309. The van der Waals surface area contributed by atoms with E-state index >= 15 is 0 Å². The van der Waals surface area contributed by atoms with E-state index in [2.05, 4.69) is 26.2 Å². The van der Waals surface area contributed by atoms with Crippen molar-refractivity contribution >= 4 is 44.7 Å². The van der Waals surface area contributed by atoms with E-state index in [1.165, 1.54) is 0 Å². The molecule has 0 radical (unpaired) electrons. The Hall–Kier alpha value is -1.73. The Bertz CT molecular complexity index is 653. The van der Waals surface area contributed by atoms with Crippen LogP contribution in [0, 0.1) is 0 Å². The highest BCUT2D eigenvalue weighted by atomic mass is 79.9. The van der Waals surface area contributed by atoms with Crippen LogP contribution in [0.1, 0.15) is 16.1 Å². The number of halogens is 1. The summed E-state index contributed by atoms with van der Waals surface area (Å²) in [6, 6.07) is 5.31. The first kappa shape index (κ1) is 13.7. The number of carbonyl (C=O) groups excluding carboxylic acids is 1. The minimum absolute atomic E-state index is 0.226. The van der Waals surface area contributed by atoms with E-state index in [0.29, 0.717) is 16.9 Å². The van der Waals surface area contributed by atoms with Gasteiger partial charge < -0.3 is 15.6 Å². The second-order valence-corrected chi connectivity index (χ2v) is 5.29. The maximum Gasteiger partial charge on any atom is 0.275 e. The Kier molecular flexibility index (Phi) is 3.96. The first-order valence-electron chi connectivity index (χ1n) is 5.36. The average molecular weight is 339 g/mol. The molecule has 5 nitrogen and oxygen atoms in total. The highest BCUT2D eigenvalue weighted by Gasteiger charge is 2.13. The van der Waals surface area contributed by atoms with E-state index in [1.807, 2.05) is 6.07 Å². The lowest BCUT2D eigenvalue weighted by Crippen LogP contribution is -2.18. The van der Waals surface area contributed by atoms with Crippen LogP contribution < -0.4 is 11.1 Å². The van der Waals surface area contributed by atoms with Gasteiger partial charge in [-0.15, -0.1) is 0 Å². The highest BCUT2D eigenvalue weighted by molar-refractivity contribution is 9.10. The molecular formula is C12H11BrN4OS. The number of carbonyl (C=O) groups is 1. The molecule has 19 heavy (non-hydrogen) atoms. The SMILES string of the molecule is Cn1cnc(C(=O)Nc2cc(Br)ccc2C(N)=S)c1. The molecule has 0 spiro atoms. The first-order chi connectivity index (χ1) is 8.97. The monoisotopic (exact) mass is 338 g/mol. The van der Waals surface area contributed by atoms with Crippen LogP contribution in [0.15, 0.2) is 35.2 Å². The Morgan fingerprint density at radius 3 is 2.84 bits per heavy atom. The number of aromatic nitrogens is 2. The number of nitrogens with zero attached hydrogens (tertiary/aromatic N) is 2. The zero-order chi connectivity index (χ0) is 14.0. The standard InChI is InChI=1S/C12H11BrN4OS/c1-17-5-10(15-6-17)12(18)16-9-4-7(13)2-3-8(9)11(14)19/h2-6H,1H3,(H2,14,19)(H,16,18). The van der Waals surface area contributed by atoms with Crippen LogP contribution in [0.5, 0.6) is 0 Å². The summed E-state index contributed by atoms with van der Waals surface area (Å²) in [6.07, 6.45) is 3.19. The van der Waals surface area contributed by atoms with E-state index in [4.69, 9.17) is 18.0 Å². The largest absolute Gasteiger partial charge is 0.389 e. The molecule has 0 fully saturated rings. The Balaban J connectivity index is 2.30. The van der Waals surface area contributed by atoms with Crippen molar-refractivity contribution < 1.29 is 4.79 Å². The number of imidazole rings is 1. The van der Waals surface area contributed by atoms with Crippen molar-refractivity contribution in [2.45, 2.75) is 0 Å². The van der Waals surface area contributed by atoms with Gasteiger partial charge in [-0.2, -0.15) is 0 Å². The van der Waals surface area contributed by atoms with Crippen LogP contribution in [-0.2, 0) is 7.05 Å². The van der Waals surface area contributed by atoms with E-state index in [-0.39, 0.29) is 10.9 Å². The van der Waals surface area contributed by atoms with E-state index in [0.717, 1.165) is 4.47 Å². The maximum atomic E-state index is 12.0. The van der Waals surface area contributed by atoms with E-state index in [9.17, 15) is 4.79 Å². The molecule has 7 heteroatoms. The lowest BCUT2D eigenvalue weighted by Gasteiger charge is -2.09. The molecule has 1 aromatic carbocycles. The molecule has 2 rings (SSSR count). The molecule has 2 aromatic rings. The molecule has 0 aliphatic rings. The third-order valence-electron chi connectivity index (χ3n) is 2.43. The molecular weight excluding hydrogens is 328 g/mol. The van der Waals surface area contributed by atoms with Crippen molar-refractivity contribution in [1.82, 2.24) is 9.55 Å². The second kappa shape index (κ2) is 5.50. The topological polar surface area (TPSA) is 72.9 Å². The van der Waals surface area contributed by atoms with Crippen LogP contribution in [0.3, 0.4) is 0 Å². The molecule has 3 N–H and O–H groups in total. The summed E-state index contributed by atoms with van der Waals surface area (Å²) in [4.78, 5) is 16.2. The lowest BCUT2D eigenvalue weighted by atomic mass is 10.1. The molecule has 0 unspecified atom stereocenters. The molecule has 1 heterocycles. The summed E-state index contributed by atoms with van der Waals surface area (Å²) < 4.78 is 2.52. The normalized spacial score (nSPS) is 10.2. The summed E-state index contributed by atoms with van der Waals surface area (Å²) in [7, 11) is 1.79. The van der Waals surface area contributed by atoms with Gasteiger partial charge in [0.1, 0.15) is 10.7 Å². The number of hydrogen-bond donors (Lipinski definition) is 2. The molecule has 1 amide bonds. The van der Waals surface area contributed by atoms with Crippen LogP contribution in [0.25, 0.3) is 0 Å². The van der Waals surface area contributed by atoms with Gasteiger partial charge in [-0.3, -0.25) is 4.79 Å². The van der Waals surface area contributed by atoms with Crippen LogP contribution in [0.2, 0.25) is 0 Å². The summed E-state index contributed by atoms with van der Waals surface area (Å²) in [5, 5.41) is 2.75. The molecule has 0 aliphatic carbocycles. The summed E-state index contributed by atoms with van der Waals surface area (Å²) in [5.41, 5.74) is 7.12. The number of nitrogens with one attached hydrogen (secondary N) is 1. The van der Waals surface area contributed by atoms with Crippen LogP contribution in [0.4, 0.5) is 5.69 Å². The zero-order valence-corrected chi connectivity index (χ0v) is 12.5. The number of hydrogen-bond acceptors (Lipinski definition) is 3. The van der Waals surface area contributed by atoms with Crippen molar-refractivity contribution in [2.75, 3.05) is 5.32 Å². The Morgan fingerprint density at radius 2 is 2.26 bits per heavy atom. The summed E-state index contributed by atoms with van der Waals surface area (Å²) in [6.45, 7) is 0. The fourth-order valence-electron chi connectivity index (χ4n) is 1.55. The third kappa shape index (κ3) is 3.18. The van der Waals surface area contributed by atoms with Crippen LogP contribution >= 0.6 is 28.1 Å². The van der Waals surface area contributed by atoms with Gasteiger partial charge in [0.05, 0.1) is 12.0 Å². The zero-order valence-electron chi connectivity index (χ0n) is 10.1. The molecule has 0 bridgehead atoms. The lowest BCUT2D eigenvalue weighted by molar-refractivity contribution is 0.102. The molecule has 1 aromatic heterocycles. The molecule has 0 atom stereocenters. The molecule has 0 saturated heterocycles. The van der Waals surface area contributed by atoms with Gasteiger partial charge in [0.25, 0.3) is 5.91 Å². The number of thiocarbonyl (C=S) groups is 1. The van der Waals surface area contributed by atoms with Gasteiger partial charge >= 0.3 is 0 Å². The second-order valence-electron chi connectivity index (χ2n) is 3.93. The van der Waals surface area contributed by atoms with Gasteiger partial charge in [-0.05, 0) is 18.2 Å². The summed E-state index contributed by atoms with van der Waals surface area (Å²) >= 11 is 8.30. The van der Waals surface area contributed by atoms with Gasteiger partial charge in [-0.25, -0.2) is 4.98 Å². The number of anilines is 1. The predicted molar refractivity (Wildman–Crippen MR) is 81.2 cm³/mol. The Labute approximate surface area is 123 Å². The van der Waals surface area contributed by atoms with E-state index < -0.39 is 0 Å². The van der Waals surface area contributed by atoms with E-state index in [1.54, 1.807) is 36.3 Å². The molecule has 0 saturated carbocycles. The van der Waals surface area contributed by atoms with Gasteiger partial charge in [0, 0.05) is 23.3 Å². The maximum absolute atomic E-state index is 12.0. The van der Waals surface area contributed by atoms with Crippen molar-refractivity contribution in [3.63, 3.8) is 0 Å². The fraction of sp³-hybridized carbons (Fsp3) is 0.0833. The van der Waals surface area contributed by atoms with Gasteiger partial charge in [0.15, 0.2) is 0 Å². The van der Waals surface area contributed by atoms with Gasteiger partial charge in [0.2, 0.25) is 0 Å². The number of nitrogens with two attached hydrogens (primary N) is 1. The molecule has 98 valence electrons. The summed E-state index contributed by atoms with van der Waals surface area (Å²) in [5.74, 6) is -0.309. The minimum Gasteiger partial charge on any atom is -0.389 e. The quantitative estimate of drug-likeness (QED) is 0.840. The first-order valence-corrected chi connectivity index (χ1v) is 6.56. The van der Waals surface area contributed by atoms with Crippen molar-refractivity contribution in [1.29, 1.82) is 0 Å².